The molecule has 8 heteroatoms. The second-order valence-electron chi connectivity index (χ2n) is 5.06. The van der Waals surface area contributed by atoms with Crippen LogP contribution in [0.1, 0.15) is 23.8 Å². The SMILES string of the molecule is CCCn1nc(C(=O)Nc2nc3c(OC)cccc3s2)ccc1=O. The van der Waals surface area contributed by atoms with Crippen molar-refractivity contribution in [2.24, 2.45) is 0 Å². The van der Waals surface area contributed by atoms with Gasteiger partial charge in [0, 0.05) is 12.6 Å². The molecular weight excluding hydrogens is 328 g/mol. The van der Waals surface area contributed by atoms with Crippen molar-refractivity contribution in [1.29, 1.82) is 0 Å². The van der Waals surface area contributed by atoms with Crippen LogP contribution < -0.4 is 15.6 Å². The number of aromatic nitrogens is 3. The van der Waals surface area contributed by atoms with Gasteiger partial charge in [0.2, 0.25) is 0 Å². The van der Waals surface area contributed by atoms with Gasteiger partial charge >= 0.3 is 0 Å². The van der Waals surface area contributed by atoms with E-state index in [1.165, 1.54) is 28.2 Å². The van der Waals surface area contributed by atoms with Gasteiger partial charge in [-0.3, -0.25) is 14.9 Å². The molecule has 0 aliphatic carbocycles. The minimum atomic E-state index is -0.405. The Bertz CT molecular complexity index is 948. The van der Waals surface area contributed by atoms with Crippen LogP contribution in [-0.4, -0.2) is 27.8 Å². The number of methoxy groups -OCH3 is 1. The molecule has 0 bridgehead atoms. The third-order valence-electron chi connectivity index (χ3n) is 3.36. The van der Waals surface area contributed by atoms with Crippen LogP contribution in [0.25, 0.3) is 10.2 Å². The summed E-state index contributed by atoms with van der Waals surface area (Å²) < 4.78 is 7.47. The number of rotatable bonds is 5. The molecule has 3 rings (SSSR count). The Morgan fingerprint density at radius 3 is 2.92 bits per heavy atom. The molecule has 2 aromatic heterocycles. The summed E-state index contributed by atoms with van der Waals surface area (Å²) in [7, 11) is 1.58. The zero-order chi connectivity index (χ0) is 17.1. The number of ether oxygens (including phenoxy) is 1. The molecule has 0 unspecified atom stereocenters. The van der Waals surface area contributed by atoms with Gasteiger partial charge in [0.05, 0.1) is 11.8 Å². The molecule has 0 radical (unpaired) electrons. The molecule has 2 heterocycles. The topological polar surface area (TPSA) is 86.1 Å². The Labute approximate surface area is 141 Å². The van der Waals surface area contributed by atoms with Gasteiger partial charge in [-0.15, -0.1) is 0 Å². The Morgan fingerprint density at radius 1 is 1.33 bits per heavy atom. The molecule has 0 spiro atoms. The predicted octanol–water partition coefficient (Wildman–Crippen LogP) is 2.52. The van der Waals surface area contributed by atoms with E-state index in [0.717, 1.165) is 11.1 Å². The summed E-state index contributed by atoms with van der Waals surface area (Å²) in [6.07, 6.45) is 0.760. The summed E-state index contributed by atoms with van der Waals surface area (Å²) in [5.74, 6) is 0.247. The largest absolute Gasteiger partial charge is 0.494 e. The van der Waals surface area contributed by atoms with Crippen LogP contribution in [0.15, 0.2) is 35.1 Å². The van der Waals surface area contributed by atoms with Crippen molar-refractivity contribution in [3.63, 3.8) is 0 Å². The van der Waals surface area contributed by atoms with Gasteiger partial charge in [-0.1, -0.05) is 24.3 Å². The van der Waals surface area contributed by atoms with Gasteiger partial charge in [-0.25, -0.2) is 9.67 Å². The molecule has 0 saturated carbocycles. The highest BCUT2D eigenvalue weighted by atomic mass is 32.1. The highest BCUT2D eigenvalue weighted by molar-refractivity contribution is 7.22. The normalized spacial score (nSPS) is 10.8. The number of benzene rings is 1. The van der Waals surface area contributed by atoms with E-state index >= 15 is 0 Å². The van der Waals surface area contributed by atoms with E-state index in [9.17, 15) is 9.59 Å². The first-order valence-corrected chi connectivity index (χ1v) is 8.27. The maximum absolute atomic E-state index is 12.4. The fourth-order valence-corrected chi connectivity index (χ4v) is 3.12. The summed E-state index contributed by atoms with van der Waals surface area (Å²) in [6.45, 7) is 2.41. The third kappa shape index (κ3) is 3.13. The lowest BCUT2D eigenvalue weighted by molar-refractivity contribution is 0.102. The fraction of sp³-hybridized carbons (Fsp3) is 0.250. The van der Waals surface area contributed by atoms with Crippen molar-refractivity contribution >= 4 is 32.6 Å². The number of para-hydroxylation sites is 1. The van der Waals surface area contributed by atoms with Crippen molar-refractivity contribution in [3.05, 3.63) is 46.4 Å². The van der Waals surface area contributed by atoms with Gasteiger partial charge in [-0.05, 0) is 24.6 Å². The summed E-state index contributed by atoms with van der Waals surface area (Å²) >= 11 is 1.35. The smallest absolute Gasteiger partial charge is 0.277 e. The number of thiazole rings is 1. The zero-order valence-corrected chi connectivity index (χ0v) is 14.1. The second-order valence-corrected chi connectivity index (χ2v) is 6.09. The number of fused-ring (bicyclic) bond motifs is 1. The number of nitrogens with zero attached hydrogens (tertiary/aromatic N) is 3. The van der Waals surface area contributed by atoms with Crippen LogP contribution in [-0.2, 0) is 6.54 Å². The molecular formula is C16H16N4O3S. The molecule has 0 atom stereocenters. The maximum Gasteiger partial charge on any atom is 0.277 e. The highest BCUT2D eigenvalue weighted by Gasteiger charge is 2.14. The van der Waals surface area contributed by atoms with E-state index in [2.05, 4.69) is 15.4 Å². The van der Waals surface area contributed by atoms with Crippen molar-refractivity contribution in [3.8, 4) is 5.75 Å². The Hall–Kier alpha value is -2.74. The molecule has 0 saturated heterocycles. The lowest BCUT2D eigenvalue weighted by Gasteiger charge is -2.05. The molecule has 124 valence electrons. The number of aryl methyl sites for hydroxylation is 1. The van der Waals surface area contributed by atoms with Crippen LogP contribution in [0.5, 0.6) is 5.75 Å². The molecule has 7 nitrogen and oxygen atoms in total. The van der Waals surface area contributed by atoms with E-state index in [0.29, 0.717) is 22.9 Å². The number of hydrogen-bond acceptors (Lipinski definition) is 6. The number of carbonyl (C=O) groups is 1. The average molecular weight is 344 g/mol. The van der Waals surface area contributed by atoms with E-state index in [-0.39, 0.29) is 11.3 Å². The summed E-state index contributed by atoms with van der Waals surface area (Å²) in [5, 5.41) is 7.27. The predicted molar refractivity (Wildman–Crippen MR) is 92.9 cm³/mol. The van der Waals surface area contributed by atoms with Crippen molar-refractivity contribution < 1.29 is 9.53 Å². The quantitative estimate of drug-likeness (QED) is 0.768. The van der Waals surface area contributed by atoms with Crippen molar-refractivity contribution in [2.45, 2.75) is 19.9 Å². The van der Waals surface area contributed by atoms with E-state index in [1.807, 2.05) is 25.1 Å². The lowest BCUT2D eigenvalue weighted by atomic mass is 10.3. The lowest BCUT2D eigenvalue weighted by Crippen LogP contribution is -2.26. The number of anilines is 1. The Balaban J connectivity index is 1.87. The van der Waals surface area contributed by atoms with Crippen LogP contribution >= 0.6 is 11.3 Å². The van der Waals surface area contributed by atoms with Gasteiger partial charge < -0.3 is 4.74 Å². The molecule has 1 aromatic carbocycles. The first kappa shape index (κ1) is 16.1. The van der Waals surface area contributed by atoms with E-state index in [1.54, 1.807) is 7.11 Å². The summed E-state index contributed by atoms with van der Waals surface area (Å²) in [5.41, 5.74) is 0.650. The first-order valence-electron chi connectivity index (χ1n) is 7.45. The molecule has 0 aliphatic rings. The fourth-order valence-electron chi connectivity index (χ4n) is 2.24. The van der Waals surface area contributed by atoms with Gasteiger partial charge in [0.15, 0.2) is 5.13 Å². The first-order chi connectivity index (χ1) is 11.6. The van der Waals surface area contributed by atoms with E-state index < -0.39 is 5.91 Å². The highest BCUT2D eigenvalue weighted by Crippen LogP contribution is 2.32. The average Bonchev–Trinajstić information content (AvgIpc) is 2.99. The third-order valence-corrected chi connectivity index (χ3v) is 4.29. The van der Waals surface area contributed by atoms with Gasteiger partial charge in [-0.2, -0.15) is 5.10 Å². The van der Waals surface area contributed by atoms with Gasteiger partial charge in [0.1, 0.15) is 17.0 Å². The molecule has 1 amide bonds. The number of nitrogens with one attached hydrogen (secondary N) is 1. The van der Waals surface area contributed by atoms with Crippen molar-refractivity contribution in [1.82, 2.24) is 14.8 Å². The number of amides is 1. The summed E-state index contributed by atoms with van der Waals surface area (Å²) in [4.78, 5) is 28.4. The molecule has 0 fully saturated rings. The van der Waals surface area contributed by atoms with Crippen LogP contribution in [0.2, 0.25) is 0 Å². The summed E-state index contributed by atoms with van der Waals surface area (Å²) in [6, 6.07) is 8.35. The van der Waals surface area contributed by atoms with Crippen LogP contribution in [0, 0.1) is 0 Å². The monoisotopic (exact) mass is 344 g/mol. The Morgan fingerprint density at radius 2 is 2.17 bits per heavy atom. The number of hydrogen-bond donors (Lipinski definition) is 1. The Kier molecular flexibility index (Phi) is 4.57. The van der Waals surface area contributed by atoms with Crippen LogP contribution in [0.4, 0.5) is 5.13 Å². The maximum atomic E-state index is 12.4. The standard InChI is InChI=1S/C16H16N4O3S/c1-3-9-20-13(21)8-7-10(19-20)15(22)18-16-17-14-11(23-2)5-4-6-12(14)24-16/h4-8H,3,9H2,1-2H3,(H,17,18,22). The molecule has 24 heavy (non-hydrogen) atoms. The zero-order valence-electron chi connectivity index (χ0n) is 13.3. The minimum absolute atomic E-state index is 0.175. The number of carbonyl (C=O) groups excluding carboxylic acids is 1. The molecule has 0 aliphatic heterocycles. The van der Waals surface area contributed by atoms with Crippen molar-refractivity contribution in [2.75, 3.05) is 12.4 Å². The second kappa shape index (κ2) is 6.79. The van der Waals surface area contributed by atoms with Crippen LogP contribution in [0.3, 0.4) is 0 Å². The molecule has 3 aromatic rings. The minimum Gasteiger partial charge on any atom is -0.494 e. The molecule has 1 N–H and O–H groups in total. The van der Waals surface area contributed by atoms with Gasteiger partial charge in [0.25, 0.3) is 11.5 Å². The van der Waals surface area contributed by atoms with E-state index in [4.69, 9.17) is 4.74 Å².